The fraction of sp³-hybridized carbons (Fsp3) is 0.900. The van der Waals surface area contributed by atoms with E-state index in [4.69, 9.17) is 0 Å². The summed E-state index contributed by atoms with van der Waals surface area (Å²) in [6.45, 7) is 2.45. The quantitative estimate of drug-likeness (QED) is 0.653. The topological polar surface area (TPSA) is 52.6 Å². The lowest BCUT2D eigenvalue weighted by atomic mass is 10.3. The summed E-state index contributed by atoms with van der Waals surface area (Å²) >= 11 is 0. The fourth-order valence-electron chi connectivity index (χ4n) is 1.80. The van der Waals surface area contributed by atoms with Crippen molar-refractivity contribution in [1.29, 1.82) is 0 Å². The Morgan fingerprint density at radius 1 is 1.43 bits per heavy atom. The van der Waals surface area contributed by atoms with Gasteiger partial charge in [0.15, 0.2) is 0 Å². The van der Waals surface area contributed by atoms with E-state index >= 15 is 0 Å². The third-order valence-corrected chi connectivity index (χ3v) is 2.85. The van der Waals surface area contributed by atoms with E-state index in [0.717, 1.165) is 38.9 Å². The van der Waals surface area contributed by atoms with Crippen LogP contribution in [0.25, 0.3) is 0 Å². The molecule has 80 valence electrons. The largest absolute Gasteiger partial charge is 0.392 e. The SMILES string of the molecule is O=C(CCN1CCC(O)C1)NC1CC1. The average Bonchev–Trinajstić information content (AvgIpc) is 2.85. The van der Waals surface area contributed by atoms with E-state index in [2.05, 4.69) is 10.2 Å². The first-order valence-electron chi connectivity index (χ1n) is 5.44. The standard InChI is InChI=1S/C10H18N2O2/c13-9-3-5-12(7-9)6-4-10(14)11-8-1-2-8/h8-9,13H,1-7H2,(H,11,14). The molecule has 0 aromatic heterocycles. The maximum absolute atomic E-state index is 11.3. The second-order valence-corrected chi connectivity index (χ2v) is 4.33. The molecule has 1 saturated heterocycles. The number of amides is 1. The second kappa shape index (κ2) is 4.28. The number of aliphatic hydroxyl groups is 1. The highest BCUT2D eigenvalue weighted by atomic mass is 16.3. The van der Waals surface area contributed by atoms with E-state index in [9.17, 15) is 9.90 Å². The molecule has 1 saturated carbocycles. The van der Waals surface area contributed by atoms with Gasteiger partial charge in [0.25, 0.3) is 0 Å². The number of carbonyl (C=O) groups is 1. The minimum Gasteiger partial charge on any atom is -0.392 e. The van der Waals surface area contributed by atoms with Crippen LogP contribution in [0.4, 0.5) is 0 Å². The molecule has 1 amide bonds. The maximum atomic E-state index is 11.3. The van der Waals surface area contributed by atoms with Crippen molar-refractivity contribution in [3.05, 3.63) is 0 Å². The molecule has 0 spiro atoms. The number of hydrogen-bond donors (Lipinski definition) is 2. The number of likely N-dealkylation sites (tertiary alicyclic amines) is 1. The first-order chi connectivity index (χ1) is 6.74. The van der Waals surface area contributed by atoms with Gasteiger partial charge in [0.1, 0.15) is 0 Å². The third kappa shape index (κ3) is 2.96. The van der Waals surface area contributed by atoms with Crippen molar-refractivity contribution in [3.63, 3.8) is 0 Å². The van der Waals surface area contributed by atoms with Crippen molar-refractivity contribution >= 4 is 5.91 Å². The molecule has 1 heterocycles. The van der Waals surface area contributed by atoms with Gasteiger partial charge in [-0.05, 0) is 19.3 Å². The lowest BCUT2D eigenvalue weighted by Gasteiger charge is -2.14. The molecule has 4 heteroatoms. The van der Waals surface area contributed by atoms with E-state index in [1.807, 2.05) is 0 Å². The summed E-state index contributed by atoms with van der Waals surface area (Å²) in [6.07, 6.45) is 3.54. The van der Waals surface area contributed by atoms with Gasteiger partial charge in [-0.25, -0.2) is 0 Å². The Labute approximate surface area is 84.3 Å². The third-order valence-electron chi connectivity index (χ3n) is 2.85. The number of nitrogens with zero attached hydrogens (tertiary/aromatic N) is 1. The number of nitrogens with one attached hydrogen (secondary N) is 1. The molecular weight excluding hydrogens is 180 g/mol. The molecule has 2 rings (SSSR count). The number of hydrogen-bond acceptors (Lipinski definition) is 3. The lowest BCUT2D eigenvalue weighted by Crippen LogP contribution is -2.31. The van der Waals surface area contributed by atoms with Crippen molar-refractivity contribution in [2.75, 3.05) is 19.6 Å². The van der Waals surface area contributed by atoms with E-state index in [0.29, 0.717) is 12.5 Å². The van der Waals surface area contributed by atoms with Crippen LogP contribution in [0.1, 0.15) is 25.7 Å². The molecule has 1 aliphatic carbocycles. The second-order valence-electron chi connectivity index (χ2n) is 4.33. The molecule has 2 fully saturated rings. The van der Waals surface area contributed by atoms with E-state index < -0.39 is 0 Å². The number of carbonyl (C=O) groups excluding carboxylic acids is 1. The van der Waals surface area contributed by atoms with Crippen LogP contribution in [0, 0.1) is 0 Å². The van der Waals surface area contributed by atoms with Gasteiger partial charge in [-0.2, -0.15) is 0 Å². The zero-order valence-corrected chi connectivity index (χ0v) is 8.41. The Hall–Kier alpha value is -0.610. The smallest absolute Gasteiger partial charge is 0.221 e. The summed E-state index contributed by atoms with van der Waals surface area (Å²) in [7, 11) is 0. The molecule has 1 aliphatic heterocycles. The van der Waals surface area contributed by atoms with Crippen molar-refractivity contribution in [2.24, 2.45) is 0 Å². The van der Waals surface area contributed by atoms with Gasteiger partial charge in [0, 0.05) is 32.1 Å². The summed E-state index contributed by atoms with van der Waals surface area (Å²) in [5, 5.41) is 12.2. The molecule has 4 nitrogen and oxygen atoms in total. The van der Waals surface area contributed by atoms with Gasteiger partial charge in [-0.1, -0.05) is 0 Å². The first-order valence-corrected chi connectivity index (χ1v) is 5.44. The minimum atomic E-state index is -0.179. The zero-order chi connectivity index (χ0) is 9.97. The number of β-amino-alcohol motifs (C(OH)–C–C–N with tert-alkyl or cyclic N) is 1. The Morgan fingerprint density at radius 3 is 2.79 bits per heavy atom. The van der Waals surface area contributed by atoms with Crippen molar-refractivity contribution in [3.8, 4) is 0 Å². The molecule has 0 aromatic rings. The van der Waals surface area contributed by atoms with Crippen LogP contribution >= 0.6 is 0 Å². The predicted molar refractivity (Wildman–Crippen MR) is 52.8 cm³/mol. The van der Waals surface area contributed by atoms with E-state index in [1.165, 1.54) is 0 Å². The Balaban J connectivity index is 1.59. The highest BCUT2D eigenvalue weighted by Crippen LogP contribution is 2.18. The molecule has 0 aromatic carbocycles. The summed E-state index contributed by atoms with van der Waals surface area (Å²) in [4.78, 5) is 13.5. The molecule has 0 radical (unpaired) electrons. The van der Waals surface area contributed by atoms with E-state index in [1.54, 1.807) is 0 Å². The summed E-state index contributed by atoms with van der Waals surface area (Å²) in [5.74, 6) is 0.161. The Kier molecular flexibility index (Phi) is 3.03. The molecule has 1 atom stereocenters. The van der Waals surface area contributed by atoms with Gasteiger partial charge in [0.2, 0.25) is 5.91 Å². The molecule has 0 bridgehead atoms. The fourth-order valence-corrected chi connectivity index (χ4v) is 1.80. The molecule has 2 aliphatic rings. The summed E-state index contributed by atoms with van der Waals surface area (Å²) in [6, 6.07) is 0.465. The van der Waals surface area contributed by atoms with Gasteiger partial charge < -0.3 is 15.3 Å². The van der Waals surface area contributed by atoms with Crippen LogP contribution in [0.3, 0.4) is 0 Å². The Bertz CT molecular complexity index is 216. The summed E-state index contributed by atoms with van der Waals surface area (Å²) < 4.78 is 0. The predicted octanol–water partition coefficient (Wildman–Crippen LogP) is -0.278. The maximum Gasteiger partial charge on any atom is 0.221 e. The Morgan fingerprint density at radius 2 is 2.21 bits per heavy atom. The molecule has 2 N–H and O–H groups in total. The monoisotopic (exact) mass is 198 g/mol. The first kappa shape index (κ1) is 9.93. The van der Waals surface area contributed by atoms with Crippen LogP contribution < -0.4 is 5.32 Å². The van der Waals surface area contributed by atoms with Crippen LogP contribution in [-0.2, 0) is 4.79 Å². The zero-order valence-electron chi connectivity index (χ0n) is 8.41. The minimum absolute atomic E-state index is 0.161. The number of rotatable bonds is 4. The van der Waals surface area contributed by atoms with Crippen LogP contribution in [0.2, 0.25) is 0 Å². The van der Waals surface area contributed by atoms with Crippen LogP contribution in [0.5, 0.6) is 0 Å². The van der Waals surface area contributed by atoms with Crippen molar-refractivity contribution < 1.29 is 9.90 Å². The lowest BCUT2D eigenvalue weighted by molar-refractivity contribution is -0.121. The molecule has 1 unspecified atom stereocenters. The van der Waals surface area contributed by atoms with Gasteiger partial charge >= 0.3 is 0 Å². The van der Waals surface area contributed by atoms with E-state index in [-0.39, 0.29) is 12.0 Å². The normalized spacial score (nSPS) is 27.9. The van der Waals surface area contributed by atoms with Gasteiger partial charge in [-0.15, -0.1) is 0 Å². The highest BCUT2D eigenvalue weighted by Gasteiger charge is 2.24. The molecule has 14 heavy (non-hydrogen) atoms. The van der Waals surface area contributed by atoms with Gasteiger partial charge in [0.05, 0.1) is 6.10 Å². The van der Waals surface area contributed by atoms with Crippen molar-refractivity contribution in [2.45, 2.75) is 37.8 Å². The molecular formula is C10H18N2O2. The average molecular weight is 198 g/mol. The van der Waals surface area contributed by atoms with Gasteiger partial charge in [-0.3, -0.25) is 4.79 Å². The van der Waals surface area contributed by atoms with Crippen LogP contribution in [-0.4, -0.2) is 47.7 Å². The summed E-state index contributed by atoms with van der Waals surface area (Å²) in [5.41, 5.74) is 0. The number of aliphatic hydroxyl groups excluding tert-OH is 1. The highest BCUT2D eigenvalue weighted by molar-refractivity contribution is 5.76. The van der Waals surface area contributed by atoms with Crippen molar-refractivity contribution in [1.82, 2.24) is 10.2 Å². The van der Waals surface area contributed by atoms with Crippen LogP contribution in [0.15, 0.2) is 0 Å².